The van der Waals surface area contributed by atoms with Crippen LogP contribution in [0.1, 0.15) is 22.8 Å². The van der Waals surface area contributed by atoms with E-state index in [9.17, 15) is 9.59 Å². The largest absolute Gasteiger partial charge is 0.352 e. The van der Waals surface area contributed by atoms with E-state index < -0.39 is 0 Å². The Morgan fingerprint density at radius 3 is 1.23 bits per heavy atom. The summed E-state index contributed by atoms with van der Waals surface area (Å²) in [7, 11) is 3.94. The normalized spacial score (nSPS) is 11.5. The summed E-state index contributed by atoms with van der Waals surface area (Å²) in [5.41, 5.74) is 6.32. The van der Waals surface area contributed by atoms with Gasteiger partial charge in [-0.1, -0.05) is 0 Å². The van der Waals surface area contributed by atoms with Crippen molar-refractivity contribution in [3.8, 4) is 22.3 Å². The first-order valence-electron chi connectivity index (χ1n) is 7.35. The van der Waals surface area contributed by atoms with Gasteiger partial charge in [-0.15, -0.1) is 0 Å². The van der Waals surface area contributed by atoms with Gasteiger partial charge in [0.15, 0.2) is 0 Å². The highest BCUT2D eigenvalue weighted by Crippen LogP contribution is 2.34. The van der Waals surface area contributed by atoms with Gasteiger partial charge in [-0.25, -0.2) is 0 Å². The van der Waals surface area contributed by atoms with Crippen molar-refractivity contribution in [2.45, 2.75) is 27.7 Å². The van der Waals surface area contributed by atoms with Crippen molar-refractivity contribution in [1.29, 1.82) is 0 Å². The fourth-order valence-corrected chi connectivity index (χ4v) is 3.12. The fraction of sp³-hybridized carbons (Fsp3) is 0.333. The van der Waals surface area contributed by atoms with Crippen molar-refractivity contribution in [3.63, 3.8) is 0 Å². The first kappa shape index (κ1) is 14.6. The van der Waals surface area contributed by atoms with Crippen LogP contribution in [-0.2, 0) is 14.1 Å². The van der Waals surface area contributed by atoms with Crippen molar-refractivity contribution in [2.24, 2.45) is 14.1 Å². The Bertz CT molecular complexity index is 896. The molecule has 0 bridgehead atoms. The van der Waals surface area contributed by atoms with E-state index in [1.165, 1.54) is 0 Å². The van der Waals surface area contributed by atoms with Gasteiger partial charge in [0.25, 0.3) is 0 Å². The smallest absolute Gasteiger partial charge is 0.235 e. The number of nitrogens with zero attached hydrogens (tertiary/aromatic N) is 2. The van der Waals surface area contributed by atoms with Crippen LogP contribution in [-0.4, -0.2) is 9.13 Å². The third-order valence-corrected chi connectivity index (χ3v) is 5.00. The molecule has 0 fully saturated rings. The molecule has 0 aliphatic rings. The van der Waals surface area contributed by atoms with Gasteiger partial charge in [-0.3, -0.25) is 9.59 Å². The lowest BCUT2D eigenvalue weighted by Crippen LogP contribution is -2.35. The van der Waals surface area contributed by atoms with Gasteiger partial charge in [-0.05, 0) is 39.8 Å². The molecule has 22 heavy (non-hydrogen) atoms. The van der Waals surface area contributed by atoms with E-state index in [4.69, 9.17) is 0 Å². The van der Waals surface area contributed by atoms with E-state index in [-0.39, 0.29) is 10.9 Å². The minimum atomic E-state index is -0.371. The lowest BCUT2D eigenvalue weighted by atomic mass is 9.89. The van der Waals surface area contributed by atoms with E-state index in [1.807, 2.05) is 63.1 Å². The molecule has 3 rings (SSSR count). The summed E-state index contributed by atoms with van der Waals surface area (Å²) in [5.74, 6) is 0. The van der Waals surface area contributed by atoms with Crippen molar-refractivity contribution in [2.75, 3.05) is 0 Å². The molecular weight excluding hydrogens is 276 g/mol. The predicted octanol–water partition coefficient (Wildman–Crippen LogP) is 2.53. The van der Waals surface area contributed by atoms with E-state index >= 15 is 0 Å². The third kappa shape index (κ3) is 1.70. The number of hydrogen-bond donors (Lipinski definition) is 0. The van der Waals surface area contributed by atoms with Gasteiger partial charge in [0.2, 0.25) is 10.9 Å². The van der Waals surface area contributed by atoms with Gasteiger partial charge < -0.3 is 9.13 Å². The van der Waals surface area contributed by atoms with Crippen LogP contribution in [0.2, 0.25) is 0 Å². The zero-order chi connectivity index (χ0) is 16.3. The van der Waals surface area contributed by atoms with Crippen molar-refractivity contribution in [1.82, 2.24) is 9.13 Å². The maximum atomic E-state index is 12.2. The number of aromatic nitrogens is 2. The summed E-state index contributed by atoms with van der Waals surface area (Å²) >= 11 is 0. The molecule has 0 saturated heterocycles. The van der Waals surface area contributed by atoms with Crippen LogP contribution in [0.15, 0.2) is 21.7 Å². The molecule has 4 nitrogen and oxygen atoms in total. The molecule has 0 N–H and O–H groups in total. The predicted molar refractivity (Wildman–Crippen MR) is 89.1 cm³/mol. The Balaban J connectivity index is 2.31. The molecule has 0 radical (unpaired) electrons. The SMILES string of the molecule is Cc1cc(-c2c(-c3cc(C)n(C)c3C)c(=O)c2=O)c(C)n1C. The number of rotatable bonds is 2. The zero-order valence-corrected chi connectivity index (χ0v) is 13.9. The molecule has 2 aromatic heterocycles. The van der Waals surface area contributed by atoms with E-state index in [1.54, 1.807) is 0 Å². The molecule has 0 aliphatic carbocycles. The average Bonchev–Trinajstić information content (AvgIpc) is 2.88. The molecular formula is C18H20N2O2. The molecule has 0 unspecified atom stereocenters. The summed E-state index contributed by atoms with van der Waals surface area (Å²) in [5, 5.41) is 0. The molecule has 0 aliphatic heterocycles. The van der Waals surface area contributed by atoms with Crippen LogP contribution >= 0.6 is 0 Å². The first-order valence-corrected chi connectivity index (χ1v) is 7.35. The number of hydrogen-bond acceptors (Lipinski definition) is 2. The minimum absolute atomic E-state index is 0.371. The van der Waals surface area contributed by atoms with Gasteiger partial charge in [0.1, 0.15) is 0 Å². The second kappa shape index (κ2) is 4.57. The lowest BCUT2D eigenvalue weighted by Gasteiger charge is -2.12. The molecule has 0 spiro atoms. The quantitative estimate of drug-likeness (QED) is 0.682. The fourth-order valence-electron chi connectivity index (χ4n) is 3.12. The van der Waals surface area contributed by atoms with Crippen LogP contribution in [0.3, 0.4) is 0 Å². The topological polar surface area (TPSA) is 44.0 Å². The van der Waals surface area contributed by atoms with Crippen LogP contribution < -0.4 is 10.9 Å². The van der Waals surface area contributed by atoms with Gasteiger partial charge in [-0.2, -0.15) is 0 Å². The summed E-state index contributed by atoms with van der Waals surface area (Å²) in [4.78, 5) is 24.4. The van der Waals surface area contributed by atoms with E-state index in [0.29, 0.717) is 11.1 Å². The molecule has 2 heterocycles. The van der Waals surface area contributed by atoms with Crippen molar-refractivity contribution < 1.29 is 0 Å². The lowest BCUT2D eigenvalue weighted by molar-refractivity contribution is 0.844. The molecule has 0 atom stereocenters. The number of aryl methyl sites for hydroxylation is 2. The minimum Gasteiger partial charge on any atom is -0.352 e. The summed E-state index contributed by atoms with van der Waals surface area (Å²) < 4.78 is 4.08. The van der Waals surface area contributed by atoms with Gasteiger partial charge >= 0.3 is 0 Å². The third-order valence-electron chi connectivity index (χ3n) is 5.00. The first-order chi connectivity index (χ1) is 10.3. The van der Waals surface area contributed by atoms with Gasteiger partial charge in [0, 0.05) is 59.1 Å². The molecule has 0 amide bonds. The van der Waals surface area contributed by atoms with Crippen molar-refractivity contribution in [3.05, 3.63) is 55.4 Å². The highest BCUT2D eigenvalue weighted by atomic mass is 16.2. The maximum Gasteiger partial charge on any atom is 0.235 e. The summed E-state index contributed by atoms with van der Waals surface area (Å²) in [6.45, 7) is 7.96. The second-order valence-corrected chi connectivity index (χ2v) is 6.10. The van der Waals surface area contributed by atoms with E-state index in [0.717, 1.165) is 33.9 Å². The molecule has 0 saturated carbocycles. The van der Waals surface area contributed by atoms with Gasteiger partial charge in [0.05, 0.1) is 0 Å². The molecule has 1 aromatic carbocycles. The molecule has 4 heteroatoms. The Morgan fingerprint density at radius 1 is 0.682 bits per heavy atom. The highest BCUT2D eigenvalue weighted by molar-refractivity contribution is 5.89. The van der Waals surface area contributed by atoms with Crippen LogP contribution in [0.4, 0.5) is 0 Å². The molecule has 3 aromatic rings. The molecule has 114 valence electrons. The Kier molecular flexibility index (Phi) is 3.02. The summed E-state index contributed by atoms with van der Waals surface area (Å²) in [6, 6.07) is 3.97. The van der Waals surface area contributed by atoms with Crippen LogP contribution in [0.5, 0.6) is 0 Å². The Morgan fingerprint density at radius 2 is 1.00 bits per heavy atom. The second-order valence-electron chi connectivity index (χ2n) is 6.10. The Labute approximate surface area is 129 Å². The van der Waals surface area contributed by atoms with Crippen LogP contribution in [0.25, 0.3) is 22.3 Å². The maximum absolute atomic E-state index is 12.2. The van der Waals surface area contributed by atoms with Crippen molar-refractivity contribution >= 4 is 0 Å². The van der Waals surface area contributed by atoms with E-state index in [2.05, 4.69) is 0 Å². The Hall–Kier alpha value is -2.36. The highest BCUT2D eigenvalue weighted by Gasteiger charge is 2.28. The average molecular weight is 296 g/mol. The monoisotopic (exact) mass is 296 g/mol. The standard InChI is InChI=1S/C18H20N2O2/c1-9-7-13(11(3)19(9)5)15-16(18(22)17(15)21)14-8-10(2)20(6)12(14)4/h7-8H,1-6H3. The van der Waals surface area contributed by atoms with Crippen LogP contribution in [0, 0.1) is 27.7 Å². The zero-order valence-electron chi connectivity index (χ0n) is 13.9. The summed E-state index contributed by atoms with van der Waals surface area (Å²) in [6.07, 6.45) is 0.